The molecule has 2 aromatic rings. The maximum absolute atomic E-state index is 8.90. The summed E-state index contributed by atoms with van der Waals surface area (Å²) < 4.78 is 2.19. The van der Waals surface area contributed by atoms with Gasteiger partial charge in [-0.2, -0.15) is 5.26 Å². The van der Waals surface area contributed by atoms with Crippen molar-refractivity contribution in [1.82, 2.24) is 9.55 Å². The predicted octanol–water partition coefficient (Wildman–Crippen LogP) is 3.10. The summed E-state index contributed by atoms with van der Waals surface area (Å²) in [6.45, 7) is 0. The minimum absolute atomic E-state index is 0.609. The van der Waals surface area contributed by atoms with Crippen LogP contribution in [0.5, 0.6) is 0 Å². The highest BCUT2D eigenvalue weighted by molar-refractivity contribution is 5.77. The Labute approximate surface area is 101 Å². The maximum atomic E-state index is 8.90. The Morgan fingerprint density at radius 3 is 2.82 bits per heavy atom. The van der Waals surface area contributed by atoms with Crippen molar-refractivity contribution < 1.29 is 0 Å². The van der Waals surface area contributed by atoms with Crippen LogP contribution < -0.4 is 0 Å². The molecule has 0 aliphatic heterocycles. The average Bonchev–Trinajstić information content (AvgIpc) is 2.97. The molecule has 0 atom stereocenters. The highest BCUT2D eigenvalue weighted by Crippen LogP contribution is 2.34. The normalized spacial score (nSPS) is 16.5. The zero-order valence-corrected chi connectivity index (χ0v) is 9.98. The molecule has 1 aromatic heterocycles. The highest BCUT2D eigenvalue weighted by atomic mass is 15.1. The molecule has 1 aliphatic rings. The van der Waals surface area contributed by atoms with Gasteiger partial charge in [-0.05, 0) is 31.0 Å². The second-order valence-electron chi connectivity index (χ2n) is 4.83. The van der Waals surface area contributed by atoms with Crippen molar-refractivity contribution in [2.75, 3.05) is 0 Å². The van der Waals surface area contributed by atoms with Crippen LogP contribution in [0.25, 0.3) is 11.0 Å². The molecule has 1 fully saturated rings. The Hall–Kier alpha value is -1.82. The van der Waals surface area contributed by atoms with Gasteiger partial charge in [0.25, 0.3) is 0 Å². The number of hydrogen-bond donors (Lipinski definition) is 0. The topological polar surface area (TPSA) is 41.6 Å². The van der Waals surface area contributed by atoms with E-state index in [0.717, 1.165) is 11.0 Å². The van der Waals surface area contributed by atoms with E-state index >= 15 is 0 Å². The Balaban J connectivity index is 2.14. The second-order valence-corrected chi connectivity index (χ2v) is 4.83. The standard InChI is InChI=1S/C14H15N3/c1-17-13-7-6-10(9-15)8-12(13)16-14(17)11-4-2-3-5-11/h6-8,11H,2-5H2,1H3. The van der Waals surface area contributed by atoms with Crippen molar-refractivity contribution in [3.8, 4) is 6.07 Å². The van der Waals surface area contributed by atoms with Gasteiger partial charge in [0.05, 0.1) is 22.7 Å². The number of benzene rings is 1. The minimum atomic E-state index is 0.609. The molecule has 0 saturated heterocycles. The summed E-state index contributed by atoms with van der Waals surface area (Å²) in [5.41, 5.74) is 2.77. The third-order valence-corrected chi connectivity index (χ3v) is 3.76. The van der Waals surface area contributed by atoms with E-state index in [4.69, 9.17) is 10.2 Å². The number of hydrogen-bond acceptors (Lipinski definition) is 2. The molecule has 0 N–H and O–H groups in total. The first-order valence-corrected chi connectivity index (χ1v) is 6.16. The first kappa shape index (κ1) is 10.3. The molecule has 0 unspecified atom stereocenters. The summed E-state index contributed by atoms with van der Waals surface area (Å²) in [4.78, 5) is 4.71. The Bertz CT molecular complexity index is 598. The fourth-order valence-corrected chi connectivity index (χ4v) is 2.84. The molecule has 3 nitrogen and oxygen atoms in total. The van der Waals surface area contributed by atoms with E-state index in [0.29, 0.717) is 11.5 Å². The van der Waals surface area contributed by atoms with Crippen molar-refractivity contribution in [1.29, 1.82) is 5.26 Å². The summed E-state index contributed by atoms with van der Waals surface area (Å²) in [6, 6.07) is 7.91. The van der Waals surface area contributed by atoms with Gasteiger partial charge in [0.2, 0.25) is 0 Å². The molecule has 17 heavy (non-hydrogen) atoms. The Morgan fingerprint density at radius 2 is 2.12 bits per heavy atom. The monoisotopic (exact) mass is 225 g/mol. The van der Waals surface area contributed by atoms with Gasteiger partial charge < -0.3 is 4.57 Å². The number of imidazole rings is 1. The van der Waals surface area contributed by atoms with E-state index < -0.39 is 0 Å². The zero-order valence-electron chi connectivity index (χ0n) is 9.98. The first-order chi connectivity index (χ1) is 8.29. The molecule has 1 heterocycles. The molecule has 1 aromatic carbocycles. The van der Waals surface area contributed by atoms with Gasteiger partial charge in [0.15, 0.2) is 0 Å². The Morgan fingerprint density at radius 1 is 1.35 bits per heavy atom. The molecular formula is C14H15N3. The van der Waals surface area contributed by atoms with Gasteiger partial charge in [-0.3, -0.25) is 0 Å². The third kappa shape index (κ3) is 1.61. The summed E-state index contributed by atoms with van der Waals surface area (Å²) in [6.07, 6.45) is 5.14. The maximum Gasteiger partial charge on any atom is 0.112 e. The van der Waals surface area contributed by atoms with E-state index in [1.54, 1.807) is 0 Å². The highest BCUT2D eigenvalue weighted by Gasteiger charge is 2.22. The van der Waals surface area contributed by atoms with Crippen molar-refractivity contribution in [2.45, 2.75) is 31.6 Å². The second kappa shape index (κ2) is 3.89. The van der Waals surface area contributed by atoms with Crippen LogP contribution in [-0.4, -0.2) is 9.55 Å². The quantitative estimate of drug-likeness (QED) is 0.748. The summed E-state index contributed by atoms with van der Waals surface area (Å²) in [5, 5.41) is 8.90. The summed E-state index contributed by atoms with van der Waals surface area (Å²) in [5.74, 6) is 1.80. The smallest absolute Gasteiger partial charge is 0.112 e. The minimum Gasteiger partial charge on any atom is -0.331 e. The van der Waals surface area contributed by atoms with Gasteiger partial charge in [-0.15, -0.1) is 0 Å². The van der Waals surface area contributed by atoms with Gasteiger partial charge in [-0.25, -0.2) is 4.98 Å². The van der Waals surface area contributed by atoms with Crippen molar-refractivity contribution >= 4 is 11.0 Å². The van der Waals surface area contributed by atoms with Crippen LogP contribution in [0.2, 0.25) is 0 Å². The predicted molar refractivity (Wildman–Crippen MR) is 66.6 cm³/mol. The lowest BCUT2D eigenvalue weighted by Gasteiger charge is -2.08. The molecular weight excluding hydrogens is 210 g/mol. The number of nitriles is 1. The Kier molecular flexibility index (Phi) is 2.36. The van der Waals surface area contributed by atoms with Crippen molar-refractivity contribution in [2.24, 2.45) is 7.05 Å². The van der Waals surface area contributed by atoms with Crippen LogP contribution in [-0.2, 0) is 7.05 Å². The van der Waals surface area contributed by atoms with E-state index in [1.165, 1.54) is 31.5 Å². The van der Waals surface area contributed by atoms with Gasteiger partial charge >= 0.3 is 0 Å². The fourth-order valence-electron chi connectivity index (χ4n) is 2.84. The van der Waals surface area contributed by atoms with E-state index in [1.807, 2.05) is 18.2 Å². The molecule has 1 saturated carbocycles. The molecule has 0 bridgehead atoms. The molecule has 0 spiro atoms. The summed E-state index contributed by atoms with van der Waals surface area (Å²) >= 11 is 0. The molecule has 86 valence electrons. The molecule has 0 radical (unpaired) electrons. The van der Waals surface area contributed by atoms with Crippen LogP contribution in [0.3, 0.4) is 0 Å². The fraction of sp³-hybridized carbons (Fsp3) is 0.429. The zero-order chi connectivity index (χ0) is 11.8. The van der Waals surface area contributed by atoms with Crippen LogP contribution in [0.1, 0.15) is 43.0 Å². The van der Waals surface area contributed by atoms with E-state index in [-0.39, 0.29) is 0 Å². The van der Waals surface area contributed by atoms with Crippen molar-refractivity contribution in [3.63, 3.8) is 0 Å². The van der Waals surface area contributed by atoms with Gasteiger partial charge in [0, 0.05) is 13.0 Å². The van der Waals surface area contributed by atoms with E-state index in [9.17, 15) is 0 Å². The number of nitrogens with zero attached hydrogens (tertiary/aromatic N) is 3. The lowest BCUT2D eigenvalue weighted by Crippen LogP contribution is -2.02. The van der Waals surface area contributed by atoms with Gasteiger partial charge in [-0.1, -0.05) is 12.8 Å². The largest absolute Gasteiger partial charge is 0.331 e. The van der Waals surface area contributed by atoms with Crippen LogP contribution in [0.4, 0.5) is 0 Å². The SMILES string of the molecule is Cn1c(C2CCCC2)nc2cc(C#N)ccc21. The summed E-state index contributed by atoms with van der Waals surface area (Å²) in [7, 11) is 2.08. The lowest BCUT2D eigenvalue weighted by molar-refractivity contribution is 0.639. The third-order valence-electron chi connectivity index (χ3n) is 3.76. The lowest BCUT2D eigenvalue weighted by atomic mass is 10.1. The van der Waals surface area contributed by atoms with Crippen LogP contribution in [0.15, 0.2) is 18.2 Å². The van der Waals surface area contributed by atoms with Gasteiger partial charge in [0.1, 0.15) is 5.82 Å². The van der Waals surface area contributed by atoms with Crippen LogP contribution >= 0.6 is 0 Å². The number of rotatable bonds is 1. The number of aromatic nitrogens is 2. The molecule has 1 aliphatic carbocycles. The molecule has 3 rings (SSSR count). The number of aryl methyl sites for hydroxylation is 1. The number of fused-ring (bicyclic) bond motifs is 1. The first-order valence-electron chi connectivity index (χ1n) is 6.16. The average molecular weight is 225 g/mol. The van der Waals surface area contributed by atoms with E-state index in [2.05, 4.69) is 17.7 Å². The van der Waals surface area contributed by atoms with Crippen LogP contribution in [0, 0.1) is 11.3 Å². The molecule has 3 heteroatoms. The van der Waals surface area contributed by atoms with Crippen molar-refractivity contribution in [3.05, 3.63) is 29.6 Å². The molecule has 0 amide bonds.